The Morgan fingerprint density at radius 1 is 1.44 bits per heavy atom. The molecule has 1 aromatic rings. The fourth-order valence-electron chi connectivity index (χ4n) is 2.20. The lowest BCUT2D eigenvalue weighted by Crippen LogP contribution is -2.45. The predicted octanol–water partition coefficient (Wildman–Crippen LogP) is 1.55. The summed E-state index contributed by atoms with van der Waals surface area (Å²) in [7, 11) is 0. The van der Waals surface area contributed by atoms with Crippen molar-refractivity contribution in [3.63, 3.8) is 0 Å². The van der Waals surface area contributed by atoms with Crippen molar-refractivity contribution in [2.45, 2.75) is 38.3 Å². The molecule has 88 valence electrons. The molecule has 2 unspecified atom stereocenters. The van der Waals surface area contributed by atoms with Gasteiger partial charge in [0.25, 0.3) is 0 Å². The van der Waals surface area contributed by atoms with Crippen LogP contribution in [0.2, 0.25) is 0 Å². The van der Waals surface area contributed by atoms with E-state index in [9.17, 15) is 0 Å². The number of benzene rings is 1. The minimum absolute atomic E-state index is 0.227. The van der Waals surface area contributed by atoms with Gasteiger partial charge in [-0.05, 0) is 31.7 Å². The van der Waals surface area contributed by atoms with Crippen LogP contribution in [-0.2, 0) is 11.2 Å². The highest BCUT2D eigenvalue weighted by atomic mass is 16.5. The van der Waals surface area contributed by atoms with Gasteiger partial charge in [-0.25, -0.2) is 0 Å². The van der Waals surface area contributed by atoms with Crippen LogP contribution in [0.1, 0.15) is 24.0 Å². The fourth-order valence-corrected chi connectivity index (χ4v) is 2.20. The lowest BCUT2D eigenvalue weighted by atomic mass is 9.99. The second-order valence-electron chi connectivity index (χ2n) is 4.51. The molecule has 1 aliphatic rings. The van der Waals surface area contributed by atoms with Gasteiger partial charge in [-0.15, -0.1) is 0 Å². The number of ether oxygens (including phenoxy) is 1. The van der Waals surface area contributed by atoms with Gasteiger partial charge in [0.2, 0.25) is 0 Å². The Bertz CT molecular complexity index is 317. The highest BCUT2D eigenvalue weighted by Gasteiger charge is 2.24. The maximum atomic E-state index is 5.66. The van der Waals surface area contributed by atoms with Crippen molar-refractivity contribution in [2.24, 2.45) is 5.84 Å². The zero-order valence-corrected chi connectivity index (χ0v) is 9.78. The molecule has 0 amide bonds. The third kappa shape index (κ3) is 2.82. The Morgan fingerprint density at radius 2 is 2.19 bits per heavy atom. The first kappa shape index (κ1) is 11.6. The minimum Gasteiger partial charge on any atom is -0.377 e. The normalized spacial score (nSPS) is 22.2. The second-order valence-corrected chi connectivity index (χ2v) is 4.51. The fraction of sp³-hybridized carbons (Fsp3) is 0.538. The van der Waals surface area contributed by atoms with Gasteiger partial charge < -0.3 is 4.74 Å². The number of nitrogens with one attached hydrogen (secondary N) is 1. The number of hydrogen-bond donors (Lipinski definition) is 2. The number of aryl methyl sites for hydroxylation is 1. The lowest BCUT2D eigenvalue weighted by Gasteiger charge is -2.22. The standard InChI is InChI=1S/C13H20N2O/c1-10-4-6-11(7-5-10)9-12(15-14)13-3-2-8-16-13/h4-7,12-13,15H,2-3,8-9,14H2,1H3. The Labute approximate surface area is 97.0 Å². The summed E-state index contributed by atoms with van der Waals surface area (Å²) in [6.07, 6.45) is 3.46. The topological polar surface area (TPSA) is 47.3 Å². The van der Waals surface area contributed by atoms with Crippen molar-refractivity contribution in [1.29, 1.82) is 0 Å². The molecule has 1 aromatic carbocycles. The van der Waals surface area contributed by atoms with Gasteiger partial charge in [-0.3, -0.25) is 11.3 Å². The van der Waals surface area contributed by atoms with Crippen LogP contribution in [0.5, 0.6) is 0 Å². The summed E-state index contributed by atoms with van der Waals surface area (Å²) in [4.78, 5) is 0. The molecule has 0 aromatic heterocycles. The third-order valence-corrected chi connectivity index (χ3v) is 3.20. The zero-order valence-electron chi connectivity index (χ0n) is 9.78. The van der Waals surface area contributed by atoms with E-state index in [4.69, 9.17) is 10.6 Å². The van der Waals surface area contributed by atoms with Gasteiger partial charge in [0.15, 0.2) is 0 Å². The maximum Gasteiger partial charge on any atom is 0.0745 e. The Morgan fingerprint density at radius 3 is 2.75 bits per heavy atom. The molecule has 1 aliphatic heterocycles. The summed E-state index contributed by atoms with van der Waals surface area (Å²) in [5.74, 6) is 5.60. The van der Waals surface area contributed by atoms with Gasteiger partial charge in [0.1, 0.15) is 0 Å². The maximum absolute atomic E-state index is 5.66. The molecule has 1 saturated heterocycles. The van der Waals surface area contributed by atoms with Crippen LogP contribution >= 0.6 is 0 Å². The van der Waals surface area contributed by atoms with E-state index < -0.39 is 0 Å². The molecule has 1 heterocycles. The van der Waals surface area contributed by atoms with Crippen molar-refractivity contribution in [3.05, 3.63) is 35.4 Å². The van der Waals surface area contributed by atoms with Gasteiger partial charge in [0, 0.05) is 6.61 Å². The molecule has 2 rings (SSSR count). The van der Waals surface area contributed by atoms with Crippen LogP contribution in [0.25, 0.3) is 0 Å². The van der Waals surface area contributed by atoms with Crippen LogP contribution < -0.4 is 11.3 Å². The first-order valence-electron chi connectivity index (χ1n) is 5.93. The summed E-state index contributed by atoms with van der Waals surface area (Å²) in [6.45, 7) is 2.97. The van der Waals surface area contributed by atoms with Crippen molar-refractivity contribution in [3.8, 4) is 0 Å². The van der Waals surface area contributed by atoms with E-state index >= 15 is 0 Å². The average Bonchev–Trinajstić information content (AvgIpc) is 2.82. The van der Waals surface area contributed by atoms with E-state index in [0.29, 0.717) is 0 Å². The molecular weight excluding hydrogens is 200 g/mol. The summed E-state index contributed by atoms with van der Waals surface area (Å²) < 4.78 is 5.66. The van der Waals surface area contributed by atoms with Gasteiger partial charge in [-0.1, -0.05) is 29.8 Å². The molecule has 1 fully saturated rings. The quantitative estimate of drug-likeness (QED) is 0.598. The predicted molar refractivity (Wildman–Crippen MR) is 65.0 cm³/mol. The first-order valence-corrected chi connectivity index (χ1v) is 5.93. The largest absolute Gasteiger partial charge is 0.377 e. The van der Waals surface area contributed by atoms with E-state index in [0.717, 1.165) is 25.9 Å². The Kier molecular flexibility index (Phi) is 3.93. The SMILES string of the molecule is Cc1ccc(CC(NN)C2CCCO2)cc1. The number of nitrogens with two attached hydrogens (primary N) is 1. The molecule has 0 spiro atoms. The molecule has 2 atom stereocenters. The van der Waals surface area contributed by atoms with Crippen molar-refractivity contribution in [1.82, 2.24) is 5.43 Å². The van der Waals surface area contributed by atoms with E-state index in [1.807, 2.05) is 0 Å². The number of rotatable bonds is 4. The molecule has 0 bridgehead atoms. The van der Waals surface area contributed by atoms with E-state index in [1.165, 1.54) is 11.1 Å². The summed E-state index contributed by atoms with van der Waals surface area (Å²) in [5, 5.41) is 0. The van der Waals surface area contributed by atoms with E-state index in [-0.39, 0.29) is 12.1 Å². The molecule has 16 heavy (non-hydrogen) atoms. The lowest BCUT2D eigenvalue weighted by molar-refractivity contribution is 0.0784. The zero-order chi connectivity index (χ0) is 11.4. The number of hydrogen-bond acceptors (Lipinski definition) is 3. The molecule has 3 N–H and O–H groups in total. The third-order valence-electron chi connectivity index (χ3n) is 3.20. The van der Waals surface area contributed by atoms with Crippen molar-refractivity contribution < 1.29 is 4.74 Å². The van der Waals surface area contributed by atoms with Crippen LogP contribution in [-0.4, -0.2) is 18.8 Å². The monoisotopic (exact) mass is 220 g/mol. The van der Waals surface area contributed by atoms with Crippen LogP contribution in [0.4, 0.5) is 0 Å². The molecule has 3 nitrogen and oxygen atoms in total. The average molecular weight is 220 g/mol. The summed E-state index contributed by atoms with van der Waals surface area (Å²) in [5.41, 5.74) is 5.48. The van der Waals surface area contributed by atoms with E-state index in [1.54, 1.807) is 0 Å². The first-order chi connectivity index (χ1) is 7.79. The van der Waals surface area contributed by atoms with Gasteiger partial charge >= 0.3 is 0 Å². The second kappa shape index (κ2) is 5.43. The summed E-state index contributed by atoms with van der Waals surface area (Å²) >= 11 is 0. The molecule has 0 saturated carbocycles. The van der Waals surface area contributed by atoms with Crippen LogP contribution in [0, 0.1) is 6.92 Å². The highest BCUT2D eigenvalue weighted by molar-refractivity contribution is 5.22. The highest BCUT2D eigenvalue weighted by Crippen LogP contribution is 2.18. The molecule has 0 aliphatic carbocycles. The van der Waals surface area contributed by atoms with Gasteiger partial charge in [-0.2, -0.15) is 0 Å². The molecular formula is C13H20N2O. The smallest absolute Gasteiger partial charge is 0.0745 e. The van der Waals surface area contributed by atoms with Gasteiger partial charge in [0.05, 0.1) is 12.1 Å². The van der Waals surface area contributed by atoms with E-state index in [2.05, 4.69) is 36.6 Å². The molecule has 0 radical (unpaired) electrons. The number of hydrazine groups is 1. The minimum atomic E-state index is 0.227. The van der Waals surface area contributed by atoms with Crippen LogP contribution in [0.15, 0.2) is 24.3 Å². The Balaban J connectivity index is 1.97. The van der Waals surface area contributed by atoms with Crippen molar-refractivity contribution in [2.75, 3.05) is 6.61 Å². The summed E-state index contributed by atoms with van der Waals surface area (Å²) in [6, 6.07) is 8.82. The Hall–Kier alpha value is -0.900. The van der Waals surface area contributed by atoms with Crippen LogP contribution in [0.3, 0.4) is 0 Å². The van der Waals surface area contributed by atoms with Crippen molar-refractivity contribution >= 4 is 0 Å². The molecule has 3 heteroatoms.